The Labute approximate surface area is 82.6 Å². The molecule has 0 aromatic carbocycles. The van der Waals surface area contributed by atoms with Gasteiger partial charge in [-0.1, -0.05) is 25.3 Å². The molecular weight excluding hydrogens is 158 g/mol. The maximum absolute atomic E-state index is 3.90. The molecule has 0 heterocycles. The zero-order valence-corrected chi connectivity index (χ0v) is 9.16. The summed E-state index contributed by atoms with van der Waals surface area (Å²) in [6, 6.07) is 0. The molecule has 0 saturated heterocycles. The Morgan fingerprint density at radius 1 is 1.38 bits per heavy atom. The zero-order chi connectivity index (χ0) is 9.73. The molecule has 0 bridgehead atoms. The second-order valence-corrected chi connectivity index (χ2v) is 4.90. The molecule has 1 aliphatic rings. The van der Waals surface area contributed by atoms with Crippen LogP contribution in [-0.2, 0) is 0 Å². The van der Waals surface area contributed by atoms with Crippen LogP contribution in [0.15, 0.2) is 12.2 Å². The Morgan fingerprint density at radius 3 is 2.54 bits per heavy atom. The van der Waals surface area contributed by atoms with Crippen molar-refractivity contribution in [3.8, 4) is 0 Å². The van der Waals surface area contributed by atoms with Gasteiger partial charge in [-0.2, -0.15) is 0 Å². The minimum atomic E-state index is 0.592. The van der Waals surface area contributed by atoms with Crippen molar-refractivity contribution in [2.45, 2.75) is 46.0 Å². The van der Waals surface area contributed by atoms with Gasteiger partial charge in [-0.05, 0) is 38.1 Å². The smallest absolute Gasteiger partial charge is 0.000529 e. The molecule has 1 rings (SSSR count). The first-order valence-electron chi connectivity index (χ1n) is 5.47. The third-order valence-electron chi connectivity index (χ3n) is 3.09. The molecule has 76 valence electrons. The summed E-state index contributed by atoms with van der Waals surface area (Å²) in [7, 11) is 0. The van der Waals surface area contributed by atoms with E-state index in [2.05, 4.69) is 25.7 Å². The predicted molar refractivity (Wildman–Crippen MR) is 58.9 cm³/mol. The standard InChI is InChI=1S/C12H23N/c1-11(2)6-9-13-10-12(3)7-4-5-8-12/h13H,1,4-10H2,2-3H3. The first-order valence-corrected chi connectivity index (χ1v) is 5.47. The van der Waals surface area contributed by atoms with Gasteiger partial charge < -0.3 is 5.32 Å². The molecule has 0 aromatic heterocycles. The van der Waals surface area contributed by atoms with Crippen LogP contribution in [0.4, 0.5) is 0 Å². The van der Waals surface area contributed by atoms with Crippen LogP contribution in [0.2, 0.25) is 0 Å². The SMILES string of the molecule is C=C(C)CCNCC1(C)CCCC1. The normalized spacial score (nSPS) is 20.5. The van der Waals surface area contributed by atoms with Crippen LogP contribution in [-0.4, -0.2) is 13.1 Å². The lowest BCUT2D eigenvalue weighted by molar-refractivity contribution is 0.316. The lowest BCUT2D eigenvalue weighted by atomic mass is 9.89. The van der Waals surface area contributed by atoms with Crippen LogP contribution < -0.4 is 5.32 Å². The third kappa shape index (κ3) is 3.95. The van der Waals surface area contributed by atoms with Gasteiger partial charge in [0.05, 0.1) is 0 Å². The summed E-state index contributed by atoms with van der Waals surface area (Å²) in [5, 5.41) is 3.54. The molecule has 0 aliphatic heterocycles. The number of rotatable bonds is 5. The molecule has 0 amide bonds. The third-order valence-corrected chi connectivity index (χ3v) is 3.09. The van der Waals surface area contributed by atoms with Gasteiger partial charge in [-0.25, -0.2) is 0 Å². The molecule has 1 aliphatic carbocycles. The van der Waals surface area contributed by atoms with E-state index in [0.717, 1.165) is 13.0 Å². The summed E-state index contributed by atoms with van der Waals surface area (Å²) in [6.45, 7) is 10.7. The topological polar surface area (TPSA) is 12.0 Å². The Bertz CT molecular complexity index is 166. The average Bonchev–Trinajstić information content (AvgIpc) is 2.47. The summed E-state index contributed by atoms with van der Waals surface area (Å²) in [6.07, 6.45) is 6.80. The van der Waals surface area contributed by atoms with Crippen molar-refractivity contribution in [3.63, 3.8) is 0 Å². The van der Waals surface area contributed by atoms with Crippen molar-refractivity contribution in [2.75, 3.05) is 13.1 Å². The van der Waals surface area contributed by atoms with Crippen LogP contribution in [0.5, 0.6) is 0 Å². The minimum Gasteiger partial charge on any atom is -0.316 e. The Balaban J connectivity index is 2.07. The molecule has 1 nitrogen and oxygen atoms in total. The van der Waals surface area contributed by atoms with Crippen molar-refractivity contribution in [3.05, 3.63) is 12.2 Å². The van der Waals surface area contributed by atoms with Gasteiger partial charge in [0.25, 0.3) is 0 Å². The fraction of sp³-hybridized carbons (Fsp3) is 0.833. The maximum Gasteiger partial charge on any atom is 0.000529 e. The van der Waals surface area contributed by atoms with Gasteiger partial charge in [-0.3, -0.25) is 0 Å². The Morgan fingerprint density at radius 2 is 2.00 bits per heavy atom. The summed E-state index contributed by atoms with van der Waals surface area (Å²) in [4.78, 5) is 0. The molecule has 0 unspecified atom stereocenters. The highest BCUT2D eigenvalue weighted by atomic mass is 14.9. The molecule has 1 saturated carbocycles. The van der Waals surface area contributed by atoms with Gasteiger partial charge in [0, 0.05) is 6.54 Å². The first kappa shape index (κ1) is 10.8. The molecule has 0 atom stereocenters. The zero-order valence-electron chi connectivity index (χ0n) is 9.16. The molecule has 1 heteroatoms. The van der Waals surface area contributed by atoms with Crippen LogP contribution in [0.1, 0.15) is 46.0 Å². The van der Waals surface area contributed by atoms with E-state index < -0.39 is 0 Å². The molecule has 0 aromatic rings. The van der Waals surface area contributed by atoms with Crippen molar-refractivity contribution in [2.24, 2.45) is 5.41 Å². The van der Waals surface area contributed by atoms with E-state index in [1.807, 2.05) is 0 Å². The number of hydrogen-bond donors (Lipinski definition) is 1. The molecule has 0 spiro atoms. The van der Waals surface area contributed by atoms with E-state index in [1.54, 1.807) is 0 Å². The summed E-state index contributed by atoms with van der Waals surface area (Å²) < 4.78 is 0. The van der Waals surface area contributed by atoms with Crippen molar-refractivity contribution in [1.82, 2.24) is 5.32 Å². The minimum absolute atomic E-state index is 0.592. The van der Waals surface area contributed by atoms with E-state index in [0.29, 0.717) is 5.41 Å². The quantitative estimate of drug-likeness (QED) is 0.507. The van der Waals surface area contributed by atoms with Gasteiger partial charge >= 0.3 is 0 Å². The summed E-state index contributed by atoms with van der Waals surface area (Å²) in [5.74, 6) is 0. The number of nitrogens with one attached hydrogen (secondary N) is 1. The number of hydrogen-bond acceptors (Lipinski definition) is 1. The molecule has 13 heavy (non-hydrogen) atoms. The highest BCUT2D eigenvalue weighted by Crippen LogP contribution is 2.36. The van der Waals surface area contributed by atoms with E-state index in [9.17, 15) is 0 Å². The summed E-state index contributed by atoms with van der Waals surface area (Å²) in [5.41, 5.74) is 1.87. The highest BCUT2D eigenvalue weighted by Gasteiger charge is 2.27. The predicted octanol–water partition coefficient (Wildman–Crippen LogP) is 3.12. The van der Waals surface area contributed by atoms with E-state index in [-0.39, 0.29) is 0 Å². The fourth-order valence-electron chi connectivity index (χ4n) is 2.10. The van der Waals surface area contributed by atoms with E-state index in [4.69, 9.17) is 0 Å². The van der Waals surface area contributed by atoms with Crippen molar-refractivity contribution in [1.29, 1.82) is 0 Å². The molecule has 1 N–H and O–H groups in total. The Hall–Kier alpha value is -0.300. The summed E-state index contributed by atoms with van der Waals surface area (Å²) >= 11 is 0. The second kappa shape index (κ2) is 4.80. The monoisotopic (exact) mass is 181 g/mol. The van der Waals surface area contributed by atoms with E-state index in [1.165, 1.54) is 37.8 Å². The first-order chi connectivity index (χ1) is 6.12. The van der Waals surface area contributed by atoms with Gasteiger partial charge in [0.1, 0.15) is 0 Å². The second-order valence-electron chi connectivity index (χ2n) is 4.90. The van der Waals surface area contributed by atoms with E-state index >= 15 is 0 Å². The maximum atomic E-state index is 3.90. The lowest BCUT2D eigenvalue weighted by Crippen LogP contribution is -2.30. The average molecular weight is 181 g/mol. The van der Waals surface area contributed by atoms with Crippen LogP contribution in [0, 0.1) is 5.41 Å². The molecule has 1 fully saturated rings. The van der Waals surface area contributed by atoms with Crippen molar-refractivity contribution < 1.29 is 0 Å². The fourth-order valence-corrected chi connectivity index (χ4v) is 2.10. The highest BCUT2D eigenvalue weighted by molar-refractivity contribution is 4.89. The largest absolute Gasteiger partial charge is 0.316 e. The van der Waals surface area contributed by atoms with Gasteiger partial charge in [-0.15, -0.1) is 6.58 Å². The van der Waals surface area contributed by atoms with Crippen molar-refractivity contribution >= 4 is 0 Å². The van der Waals surface area contributed by atoms with Crippen LogP contribution >= 0.6 is 0 Å². The molecular formula is C12H23N. The Kier molecular flexibility index (Phi) is 3.98. The van der Waals surface area contributed by atoms with Crippen LogP contribution in [0.3, 0.4) is 0 Å². The van der Waals surface area contributed by atoms with Gasteiger partial charge in [0.2, 0.25) is 0 Å². The molecule has 0 radical (unpaired) electrons. The van der Waals surface area contributed by atoms with Gasteiger partial charge in [0.15, 0.2) is 0 Å². The van der Waals surface area contributed by atoms with Crippen LogP contribution in [0.25, 0.3) is 0 Å². The lowest BCUT2D eigenvalue weighted by Gasteiger charge is -2.23.